The molecule has 0 saturated heterocycles. The van der Waals surface area contributed by atoms with Gasteiger partial charge in [-0.1, -0.05) is 12.8 Å². The zero-order valence-electron chi connectivity index (χ0n) is 12.2. The Morgan fingerprint density at radius 3 is 2.55 bits per heavy atom. The standard InChI is InChI=1S/C13H24N6O/c1-3-19(4-2)13-17-11(14)16-12(18-13)15-9-7-5-6-8-10(9)20/h9-10,20H,3-8H2,1-2H3,(H3,14,15,16,17,18). The number of nitrogens with zero attached hydrogens (tertiary/aromatic N) is 4. The molecule has 1 aromatic rings. The van der Waals surface area contributed by atoms with Gasteiger partial charge in [0.25, 0.3) is 0 Å². The van der Waals surface area contributed by atoms with Gasteiger partial charge in [0.05, 0.1) is 12.1 Å². The molecule has 4 N–H and O–H groups in total. The number of hydrogen-bond donors (Lipinski definition) is 3. The Hall–Kier alpha value is -1.63. The van der Waals surface area contributed by atoms with E-state index < -0.39 is 0 Å². The maximum Gasteiger partial charge on any atom is 0.231 e. The quantitative estimate of drug-likeness (QED) is 0.740. The monoisotopic (exact) mass is 280 g/mol. The molecule has 2 rings (SSSR count). The Bertz CT molecular complexity index is 437. The van der Waals surface area contributed by atoms with Gasteiger partial charge in [0.2, 0.25) is 17.8 Å². The normalized spacial score (nSPS) is 22.6. The fraction of sp³-hybridized carbons (Fsp3) is 0.769. The first-order valence-corrected chi connectivity index (χ1v) is 7.35. The number of nitrogen functional groups attached to an aromatic ring is 1. The van der Waals surface area contributed by atoms with Gasteiger partial charge in [-0.15, -0.1) is 0 Å². The molecule has 0 radical (unpaired) electrons. The van der Waals surface area contributed by atoms with Gasteiger partial charge in [0.1, 0.15) is 0 Å². The number of aromatic nitrogens is 3. The molecule has 2 unspecified atom stereocenters. The Morgan fingerprint density at radius 2 is 1.90 bits per heavy atom. The van der Waals surface area contributed by atoms with Gasteiger partial charge in [0, 0.05) is 13.1 Å². The van der Waals surface area contributed by atoms with Crippen LogP contribution >= 0.6 is 0 Å². The molecule has 0 amide bonds. The van der Waals surface area contributed by atoms with Crippen LogP contribution in [-0.2, 0) is 0 Å². The number of hydrogen-bond acceptors (Lipinski definition) is 7. The molecule has 1 fully saturated rings. The van der Waals surface area contributed by atoms with Crippen LogP contribution in [0.25, 0.3) is 0 Å². The molecule has 0 aliphatic heterocycles. The summed E-state index contributed by atoms with van der Waals surface area (Å²) in [5, 5.41) is 13.2. The van der Waals surface area contributed by atoms with Gasteiger partial charge in [-0.3, -0.25) is 0 Å². The summed E-state index contributed by atoms with van der Waals surface area (Å²) in [4.78, 5) is 14.7. The van der Waals surface area contributed by atoms with Gasteiger partial charge >= 0.3 is 0 Å². The van der Waals surface area contributed by atoms with E-state index in [2.05, 4.69) is 20.3 Å². The maximum atomic E-state index is 10.00. The lowest BCUT2D eigenvalue weighted by atomic mass is 9.93. The minimum atomic E-state index is -0.348. The molecule has 0 bridgehead atoms. The molecule has 1 aliphatic carbocycles. The van der Waals surface area contributed by atoms with Gasteiger partial charge in [0.15, 0.2) is 0 Å². The van der Waals surface area contributed by atoms with E-state index in [1.54, 1.807) is 0 Å². The minimum absolute atomic E-state index is 0.00453. The van der Waals surface area contributed by atoms with E-state index in [4.69, 9.17) is 5.73 Å². The number of aliphatic hydroxyl groups excluding tert-OH is 1. The van der Waals surface area contributed by atoms with Gasteiger partial charge in [-0.2, -0.15) is 15.0 Å². The summed E-state index contributed by atoms with van der Waals surface area (Å²) in [6, 6.07) is -0.00453. The number of anilines is 3. The number of rotatable bonds is 5. The van der Waals surface area contributed by atoms with Crippen molar-refractivity contribution in [2.75, 3.05) is 29.0 Å². The number of aliphatic hydroxyl groups is 1. The van der Waals surface area contributed by atoms with Gasteiger partial charge in [-0.25, -0.2) is 0 Å². The lowest BCUT2D eigenvalue weighted by Crippen LogP contribution is -2.37. The van der Waals surface area contributed by atoms with Crippen molar-refractivity contribution in [2.24, 2.45) is 0 Å². The van der Waals surface area contributed by atoms with Crippen molar-refractivity contribution >= 4 is 17.8 Å². The molecule has 2 atom stereocenters. The third-order valence-electron chi connectivity index (χ3n) is 3.73. The molecule has 20 heavy (non-hydrogen) atoms. The molecule has 1 aromatic heterocycles. The van der Waals surface area contributed by atoms with Crippen LogP contribution in [0.3, 0.4) is 0 Å². The van der Waals surface area contributed by atoms with Crippen molar-refractivity contribution in [1.82, 2.24) is 15.0 Å². The average molecular weight is 280 g/mol. The lowest BCUT2D eigenvalue weighted by Gasteiger charge is -2.28. The molecule has 112 valence electrons. The second kappa shape index (κ2) is 6.69. The summed E-state index contributed by atoms with van der Waals surface area (Å²) in [5.41, 5.74) is 5.75. The van der Waals surface area contributed by atoms with Gasteiger partial charge < -0.3 is 21.1 Å². The van der Waals surface area contributed by atoms with Crippen LogP contribution in [0.2, 0.25) is 0 Å². The van der Waals surface area contributed by atoms with Crippen LogP contribution in [0.1, 0.15) is 39.5 Å². The minimum Gasteiger partial charge on any atom is -0.391 e. The summed E-state index contributed by atoms with van der Waals surface area (Å²) in [5.74, 6) is 1.23. The van der Waals surface area contributed by atoms with E-state index in [-0.39, 0.29) is 18.1 Å². The SMILES string of the molecule is CCN(CC)c1nc(N)nc(NC2CCCCC2O)n1. The van der Waals surface area contributed by atoms with E-state index in [1.165, 1.54) is 0 Å². The Balaban J connectivity index is 2.14. The zero-order chi connectivity index (χ0) is 14.5. The highest BCUT2D eigenvalue weighted by atomic mass is 16.3. The van der Waals surface area contributed by atoms with Crippen LogP contribution < -0.4 is 16.0 Å². The van der Waals surface area contributed by atoms with Crippen LogP contribution in [0, 0.1) is 0 Å². The van der Waals surface area contributed by atoms with E-state index in [0.717, 1.165) is 38.8 Å². The van der Waals surface area contributed by atoms with Crippen molar-refractivity contribution < 1.29 is 5.11 Å². The Kier molecular flexibility index (Phi) is 4.94. The van der Waals surface area contributed by atoms with Crippen LogP contribution in [-0.4, -0.2) is 45.3 Å². The molecular formula is C13H24N6O. The predicted molar refractivity (Wildman–Crippen MR) is 79.7 cm³/mol. The van der Waals surface area contributed by atoms with E-state index in [0.29, 0.717) is 11.9 Å². The lowest BCUT2D eigenvalue weighted by molar-refractivity contribution is 0.116. The highest BCUT2D eigenvalue weighted by Crippen LogP contribution is 2.21. The third kappa shape index (κ3) is 3.47. The first-order chi connectivity index (χ1) is 9.63. The van der Waals surface area contributed by atoms with Crippen molar-refractivity contribution in [3.8, 4) is 0 Å². The molecule has 0 aromatic carbocycles. The summed E-state index contributed by atoms with van der Waals surface area (Å²) < 4.78 is 0. The summed E-state index contributed by atoms with van der Waals surface area (Å²) in [7, 11) is 0. The molecule has 1 saturated carbocycles. The fourth-order valence-corrected chi connectivity index (χ4v) is 2.54. The first-order valence-electron chi connectivity index (χ1n) is 7.35. The average Bonchev–Trinajstić information content (AvgIpc) is 2.42. The molecular weight excluding hydrogens is 256 g/mol. The summed E-state index contributed by atoms with van der Waals surface area (Å²) >= 11 is 0. The molecule has 7 heteroatoms. The van der Waals surface area contributed by atoms with Crippen LogP contribution in [0.15, 0.2) is 0 Å². The van der Waals surface area contributed by atoms with E-state index in [9.17, 15) is 5.11 Å². The Labute approximate surface area is 119 Å². The highest BCUT2D eigenvalue weighted by molar-refractivity contribution is 5.42. The number of nitrogens with two attached hydrogens (primary N) is 1. The van der Waals surface area contributed by atoms with E-state index >= 15 is 0 Å². The van der Waals surface area contributed by atoms with Crippen molar-refractivity contribution in [1.29, 1.82) is 0 Å². The second-order valence-electron chi connectivity index (χ2n) is 5.09. The highest BCUT2D eigenvalue weighted by Gasteiger charge is 2.24. The smallest absolute Gasteiger partial charge is 0.231 e. The maximum absolute atomic E-state index is 10.00. The van der Waals surface area contributed by atoms with Crippen molar-refractivity contribution in [3.63, 3.8) is 0 Å². The molecule has 0 spiro atoms. The first kappa shape index (κ1) is 14.8. The molecule has 1 aliphatic rings. The molecule has 7 nitrogen and oxygen atoms in total. The predicted octanol–water partition coefficient (Wildman–Crippen LogP) is 1.02. The van der Waals surface area contributed by atoms with Crippen molar-refractivity contribution in [3.05, 3.63) is 0 Å². The summed E-state index contributed by atoms with van der Waals surface area (Å²) in [6.45, 7) is 5.71. The zero-order valence-corrected chi connectivity index (χ0v) is 12.2. The third-order valence-corrected chi connectivity index (χ3v) is 3.73. The fourth-order valence-electron chi connectivity index (χ4n) is 2.54. The van der Waals surface area contributed by atoms with Crippen LogP contribution in [0.5, 0.6) is 0 Å². The summed E-state index contributed by atoms with van der Waals surface area (Å²) in [6.07, 6.45) is 3.58. The molecule has 1 heterocycles. The largest absolute Gasteiger partial charge is 0.391 e. The van der Waals surface area contributed by atoms with Crippen LogP contribution in [0.4, 0.5) is 17.8 Å². The number of nitrogens with one attached hydrogen (secondary N) is 1. The van der Waals surface area contributed by atoms with Crippen molar-refractivity contribution in [2.45, 2.75) is 51.7 Å². The second-order valence-corrected chi connectivity index (χ2v) is 5.09. The van der Waals surface area contributed by atoms with Gasteiger partial charge in [-0.05, 0) is 26.7 Å². The Morgan fingerprint density at radius 1 is 1.20 bits per heavy atom. The van der Waals surface area contributed by atoms with E-state index in [1.807, 2.05) is 18.7 Å². The topological polar surface area (TPSA) is 100 Å².